The lowest BCUT2D eigenvalue weighted by Crippen LogP contribution is -2.48. The Morgan fingerprint density at radius 3 is 2.38 bits per heavy atom. The van der Waals surface area contributed by atoms with Crippen LogP contribution in [-0.2, 0) is 16.1 Å². The summed E-state index contributed by atoms with van der Waals surface area (Å²) in [6.07, 6.45) is -2.91. The number of carboxylic acids is 1. The van der Waals surface area contributed by atoms with Crippen molar-refractivity contribution < 1.29 is 37.1 Å². The molecular weight excluding hydrogens is 433 g/mol. The zero-order chi connectivity index (χ0) is 24.1. The summed E-state index contributed by atoms with van der Waals surface area (Å²) in [5.74, 6) is -1.69. The van der Waals surface area contributed by atoms with E-state index in [-0.39, 0.29) is 23.4 Å². The van der Waals surface area contributed by atoms with E-state index in [1.54, 1.807) is 11.2 Å². The number of halogens is 3. The molecule has 0 aromatic carbocycles. The standard InChI is InChI=1S/C18H28N4O3.C2HF3O2/c1-14(2)19-17(24)22-7-6-21(10-15-5-4-8-25-15)12-18(13-22)9-16(23)20(3)11-18;3-2(4,5)1(6)7/h4-5,8,14H,6-7,9-13H2,1-3H3,(H,19,24);(H,6,7). The second-order valence-corrected chi connectivity index (χ2v) is 8.55. The minimum atomic E-state index is -5.08. The fourth-order valence-electron chi connectivity index (χ4n) is 3.93. The topological polar surface area (TPSA) is 106 Å². The van der Waals surface area contributed by atoms with Crippen molar-refractivity contribution in [2.24, 2.45) is 5.41 Å². The maximum absolute atomic E-state index is 12.6. The van der Waals surface area contributed by atoms with Gasteiger partial charge in [-0.25, -0.2) is 9.59 Å². The Morgan fingerprint density at radius 2 is 1.91 bits per heavy atom. The summed E-state index contributed by atoms with van der Waals surface area (Å²) in [7, 11) is 1.84. The fourth-order valence-corrected chi connectivity index (χ4v) is 3.93. The summed E-state index contributed by atoms with van der Waals surface area (Å²) in [6, 6.07) is 3.90. The van der Waals surface area contributed by atoms with Crippen LogP contribution < -0.4 is 5.32 Å². The van der Waals surface area contributed by atoms with E-state index in [9.17, 15) is 22.8 Å². The number of carbonyl (C=O) groups is 3. The molecule has 1 aromatic rings. The van der Waals surface area contributed by atoms with Gasteiger partial charge >= 0.3 is 18.2 Å². The van der Waals surface area contributed by atoms with Crippen LogP contribution in [0.1, 0.15) is 26.0 Å². The zero-order valence-electron chi connectivity index (χ0n) is 18.3. The fraction of sp³-hybridized carbons (Fsp3) is 0.650. The SMILES string of the molecule is CC(C)NC(=O)N1CCN(Cc2ccco2)CC2(CC(=O)N(C)C2)C1.O=C(O)C(F)(F)F. The number of hydrogen-bond acceptors (Lipinski definition) is 5. The molecule has 2 N–H and O–H groups in total. The summed E-state index contributed by atoms with van der Waals surface area (Å²) in [4.78, 5) is 39.6. The number of nitrogens with one attached hydrogen (secondary N) is 1. The lowest BCUT2D eigenvalue weighted by atomic mass is 9.86. The maximum Gasteiger partial charge on any atom is 0.490 e. The lowest BCUT2D eigenvalue weighted by molar-refractivity contribution is -0.192. The van der Waals surface area contributed by atoms with Crippen molar-refractivity contribution in [2.75, 3.05) is 39.8 Å². The van der Waals surface area contributed by atoms with E-state index in [1.807, 2.05) is 37.9 Å². The molecule has 1 atom stereocenters. The number of amides is 3. The van der Waals surface area contributed by atoms with Crippen LogP contribution in [0, 0.1) is 5.41 Å². The molecule has 3 heterocycles. The summed E-state index contributed by atoms with van der Waals surface area (Å²) >= 11 is 0. The molecule has 180 valence electrons. The number of furan rings is 1. The van der Waals surface area contributed by atoms with Crippen LogP contribution >= 0.6 is 0 Å². The van der Waals surface area contributed by atoms with Crippen molar-refractivity contribution in [2.45, 2.75) is 39.0 Å². The van der Waals surface area contributed by atoms with Crippen LogP contribution in [0.25, 0.3) is 0 Å². The Hall–Kier alpha value is -2.76. The van der Waals surface area contributed by atoms with Gasteiger partial charge in [0.05, 0.1) is 12.8 Å². The smallest absolute Gasteiger partial charge is 0.475 e. The highest BCUT2D eigenvalue weighted by atomic mass is 19.4. The van der Waals surface area contributed by atoms with E-state index in [4.69, 9.17) is 14.3 Å². The number of carbonyl (C=O) groups excluding carboxylic acids is 2. The second-order valence-electron chi connectivity index (χ2n) is 8.55. The van der Waals surface area contributed by atoms with Gasteiger partial charge in [-0.1, -0.05) is 0 Å². The Balaban J connectivity index is 0.000000451. The summed E-state index contributed by atoms with van der Waals surface area (Å²) < 4.78 is 37.2. The van der Waals surface area contributed by atoms with E-state index in [0.717, 1.165) is 18.8 Å². The van der Waals surface area contributed by atoms with E-state index in [0.29, 0.717) is 32.6 Å². The summed E-state index contributed by atoms with van der Waals surface area (Å²) in [5.41, 5.74) is -0.219. The van der Waals surface area contributed by atoms with Gasteiger partial charge in [-0.2, -0.15) is 13.2 Å². The molecule has 1 spiro atoms. The number of urea groups is 1. The first-order chi connectivity index (χ1) is 14.8. The van der Waals surface area contributed by atoms with Gasteiger partial charge in [0.15, 0.2) is 0 Å². The Labute approximate surface area is 184 Å². The van der Waals surface area contributed by atoms with Crippen molar-refractivity contribution in [3.8, 4) is 0 Å². The van der Waals surface area contributed by atoms with Crippen LogP contribution in [0.5, 0.6) is 0 Å². The maximum atomic E-state index is 12.6. The first-order valence-electron chi connectivity index (χ1n) is 10.2. The molecule has 0 bridgehead atoms. The van der Waals surface area contributed by atoms with Gasteiger partial charge in [0.25, 0.3) is 0 Å². The van der Waals surface area contributed by atoms with E-state index in [2.05, 4.69) is 10.2 Å². The number of rotatable bonds is 3. The molecule has 0 saturated carbocycles. The van der Waals surface area contributed by atoms with Gasteiger partial charge in [0.2, 0.25) is 5.91 Å². The van der Waals surface area contributed by atoms with Crippen molar-refractivity contribution in [1.82, 2.24) is 20.0 Å². The average molecular weight is 462 g/mol. The molecule has 1 aromatic heterocycles. The summed E-state index contributed by atoms with van der Waals surface area (Å²) in [5, 5.41) is 10.1. The minimum absolute atomic E-state index is 0.0452. The number of aliphatic carboxylic acids is 1. The van der Waals surface area contributed by atoms with Gasteiger partial charge in [-0.3, -0.25) is 9.69 Å². The van der Waals surface area contributed by atoms with Crippen LogP contribution in [-0.4, -0.2) is 89.7 Å². The van der Waals surface area contributed by atoms with Crippen LogP contribution in [0.3, 0.4) is 0 Å². The zero-order valence-corrected chi connectivity index (χ0v) is 18.3. The highest BCUT2D eigenvalue weighted by molar-refractivity contribution is 5.80. The molecule has 2 aliphatic rings. The lowest BCUT2D eigenvalue weighted by Gasteiger charge is -2.33. The number of hydrogen-bond donors (Lipinski definition) is 2. The van der Waals surface area contributed by atoms with E-state index >= 15 is 0 Å². The van der Waals surface area contributed by atoms with Gasteiger partial charge in [-0.15, -0.1) is 0 Å². The minimum Gasteiger partial charge on any atom is -0.475 e. The van der Waals surface area contributed by atoms with Crippen LogP contribution in [0.15, 0.2) is 22.8 Å². The largest absolute Gasteiger partial charge is 0.490 e. The molecule has 9 nitrogen and oxygen atoms in total. The molecule has 0 radical (unpaired) electrons. The first-order valence-corrected chi connectivity index (χ1v) is 10.2. The quantitative estimate of drug-likeness (QED) is 0.712. The molecule has 3 amide bonds. The predicted octanol–water partition coefficient (Wildman–Crippen LogP) is 2.00. The van der Waals surface area contributed by atoms with Crippen molar-refractivity contribution >= 4 is 17.9 Å². The van der Waals surface area contributed by atoms with E-state index in [1.165, 1.54) is 0 Å². The normalized spacial score (nSPS) is 22.0. The first kappa shape index (κ1) is 25.5. The monoisotopic (exact) mass is 462 g/mol. The van der Waals surface area contributed by atoms with Crippen molar-refractivity contribution in [3.05, 3.63) is 24.2 Å². The van der Waals surface area contributed by atoms with Gasteiger partial charge in [-0.05, 0) is 26.0 Å². The molecular formula is C20H29F3N4O5. The third-order valence-corrected chi connectivity index (χ3v) is 5.20. The Morgan fingerprint density at radius 1 is 1.25 bits per heavy atom. The number of likely N-dealkylation sites (tertiary alicyclic amines) is 1. The molecule has 2 fully saturated rings. The molecule has 12 heteroatoms. The van der Waals surface area contributed by atoms with Crippen molar-refractivity contribution in [1.29, 1.82) is 0 Å². The van der Waals surface area contributed by atoms with E-state index < -0.39 is 12.1 Å². The van der Waals surface area contributed by atoms with Gasteiger partial charge in [0, 0.05) is 57.6 Å². The Bertz CT molecular complexity index is 800. The number of alkyl halides is 3. The Kier molecular flexibility index (Phi) is 8.16. The summed E-state index contributed by atoms with van der Waals surface area (Å²) in [6.45, 7) is 8.12. The highest BCUT2D eigenvalue weighted by Crippen LogP contribution is 2.34. The van der Waals surface area contributed by atoms with Crippen LogP contribution in [0.2, 0.25) is 0 Å². The highest BCUT2D eigenvalue weighted by Gasteiger charge is 2.46. The number of nitrogens with zero attached hydrogens (tertiary/aromatic N) is 3. The molecule has 2 aliphatic heterocycles. The molecule has 0 aliphatic carbocycles. The van der Waals surface area contributed by atoms with Gasteiger partial charge in [0.1, 0.15) is 5.76 Å². The molecule has 1 unspecified atom stereocenters. The third kappa shape index (κ3) is 7.14. The molecule has 32 heavy (non-hydrogen) atoms. The predicted molar refractivity (Wildman–Crippen MR) is 108 cm³/mol. The average Bonchev–Trinajstić information content (AvgIpc) is 3.20. The molecule has 2 saturated heterocycles. The third-order valence-electron chi connectivity index (χ3n) is 5.20. The van der Waals surface area contributed by atoms with Crippen molar-refractivity contribution in [3.63, 3.8) is 0 Å². The van der Waals surface area contributed by atoms with Gasteiger partial charge < -0.3 is 24.6 Å². The van der Waals surface area contributed by atoms with Crippen LogP contribution in [0.4, 0.5) is 18.0 Å². The second kappa shape index (κ2) is 10.2. The molecule has 3 rings (SSSR count). The number of carboxylic acid groups (broad SMARTS) is 1.